The molecule has 0 radical (unpaired) electrons. The van der Waals surface area contributed by atoms with E-state index in [9.17, 15) is 4.39 Å². The molecule has 0 aromatic heterocycles. The highest BCUT2D eigenvalue weighted by Gasteiger charge is 2.52. The third-order valence-electron chi connectivity index (χ3n) is 4.61. The molecule has 0 amide bonds. The van der Waals surface area contributed by atoms with E-state index in [-0.39, 0.29) is 5.82 Å². The van der Waals surface area contributed by atoms with Crippen LogP contribution in [0.4, 0.5) is 4.39 Å². The molecule has 1 fully saturated rings. The Morgan fingerprint density at radius 1 is 0.864 bits per heavy atom. The van der Waals surface area contributed by atoms with Crippen LogP contribution in [0.5, 0.6) is 0 Å². The average Bonchev–Trinajstić information content (AvgIpc) is 2.68. The molecular weight excluding hydrogens is 278 g/mol. The molecule has 22 heavy (non-hydrogen) atoms. The highest BCUT2D eigenvalue weighted by molar-refractivity contribution is 6.63. The lowest BCUT2D eigenvalue weighted by atomic mass is 9.74. The van der Waals surface area contributed by atoms with Gasteiger partial charge in [-0.1, -0.05) is 36.4 Å². The van der Waals surface area contributed by atoms with E-state index in [4.69, 9.17) is 9.31 Å². The fraction of sp³-hybridized carbons (Fsp3) is 0.333. The number of benzene rings is 2. The summed E-state index contributed by atoms with van der Waals surface area (Å²) in [4.78, 5) is 0. The molecule has 1 aliphatic heterocycles. The largest absolute Gasteiger partial charge is 0.495 e. The molecule has 4 heteroatoms. The van der Waals surface area contributed by atoms with Crippen molar-refractivity contribution in [1.82, 2.24) is 0 Å². The zero-order valence-electron chi connectivity index (χ0n) is 13.4. The second-order valence-corrected chi connectivity index (χ2v) is 6.69. The summed E-state index contributed by atoms with van der Waals surface area (Å²) in [6, 6.07) is 14.7. The van der Waals surface area contributed by atoms with Gasteiger partial charge in [-0.25, -0.2) is 4.39 Å². The first-order valence-corrected chi connectivity index (χ1v) is 7.51. The van der Waals surface area contributed by atoms with Gasteiger partial charge in [-0.3, -0.25) is 0 Å². The van der Waals surface area contributed by atoms with E-state index in [2.05, 4.69) is 0 Å². The van der Waals surface area contributed by atoms with E-state index in [0.717, 1.165) is 16.6 Å². The van der Waals surface area contributed by atoms with Crippen LogP contribution in [-0.2, 0) is 9.31 Å². The average molecular weight is 298 g/mol. The Hall–Kier alpha value is -1.65. The lowest BCUT2D eigenvalue weighted by molar-refractivity contribution is 0.00578. The molecule has 2 aromatic rings. The summed E-state index contributed by atoms with van der Waals surface area (Å²) >= 11 is 0. The van der Waals surface area contributed by atoms with Crippen LogP contribution >= 0.6 is 0 Å². The van der Waals surface area contributed by atoms with Crippen LogP contribution in [0, 0.1) is 5.82 Å². The van der Waals surface area contributed by atoms with Crippen molar-refractivity contribution in [2.45, 2.75) is 38.9 Å². The minimum atomic E-state index is -0.573. The SMILES string of the molecule is CC1(C)OB(c2cc(F)ccc2-c2ccccc2)OC1(C)C. The van der Waals surface area contributed by atoms with Gasteiger partial charge in [-0.15, -0.1) is 0 Å². The van der Waals surface area contributed by atoms with Gasteiger partial charge < -0.3 is 9.31 Å². The van der Waals surface area contributed by atoms with Crippen LogP contribution in [0.2, 0.25) is 0 Å². The Bertz CT molecular complexity index is 667. The van der Waals surface area contributed by atoms with Crippen molar-refractivity contribution in [1.29, 1.82) is 0 Å². The maximum Gasteiger partial charge on any atom is 0.495 e. The van der Waals surface area contributed by atoms with Crippen molar-refractivity contribution >= 4 is 12.6 Å². The maximum atomic E-state index is 13.8. The molecule has 0 saturated carbocycles. The molecular formula is C18H20BFO2. The first kappa shape index (κ1) is 15.3. The van der Waals surface area contributed by atoms with Gasteiger partial charge >= 0.3 is 7.12 Å². The third-order valence-corrected chi connectivity index (χ3v) is 4.61. The van der Waals surface area contributed by atoms with Crippen molar-refractivity contribution in [2.75, 3.05) is 0 Å². The van der Waals surface area contributed by atoms with Gasteiger partial charge in [0.15, 0.2) is 0 Å². The molecule has 0 atom stereocenters. The van der Waals surface area contributed by atoms with Crippen molar-refractivity contribution in [3.63, 3.8) is 0 Å². The lowest BCUT2D eigenvalue weighted by Crippen LogP contribution is -2.41. The topological polar surface area (TPSA) is 18.5 Å². The molecule has 114 valence electrons. The minimum Gasteiger partial charge on any atom is -0.399 e. The molecule has 1 aliphatic rings. The summed E-state index contributed by atoms with van der Waals surface area (Å²) in [5.41, 5.74) is 1.79. The number of hydrogen-bond acceptors (Lipinski definition) is 2. The highest BCUT2D eigenvalue weighted by Crippen LogP contribution is 2.37. The predicted octanol–water partition coefficient (Wildman–Crippen LogP) is 3.79. The van der Waals surface area contributed by atoms with Crippen LogP contribution in [-0.4, -0.2) is 18.3 Å². The van der Waals surface area contributed by atoms with Gasteiger partial charge in [0.25, 0.3) is 0 Å². The Kier molecular flexibility index (Phi) is 3.62. The van der Waals surface area contributed by atoms with Gasteiger partial charge in [0.05, 0.1) is 11.2 Å². The molecule has 0 unspecified atom stereocenters. The van der Waals surface area contributed by atoms with Gasteiger partial charge in [0, 0.05) is 0 Å². The second-order valence-electron chi connectivity index (χ2n) is 6.69. The smallest absolute Gasteiger partial charge is 0.399 e. The molecule has 1 saturated heterocycles. The second kappa shape index (κ2) is 5.22. The van der Waals surface area contributed by atoms with Gasteiger partial charge in [-0.2, -0.15) is 0 Å². The Morgan fingerprint density at radius 3 is 2.05 bits per heavy atom. The Balaban J connectivity index is 2.07. The van der Waals surface area contributed by atoms with E-state index in [1.807, 2.05) is 58.0 Å². The van der Waals surface area contributed by atoms with Crippen molar-refractivity contribution in [3.05, 3.63) is 54.3 Å². The zero-order valence-corrected chi connectivity index (χ0v) is 13.4. The van der Waals surface area contributed by atoms with E-state index < -0.39 is 18.3 Å². The Morgan fingerprint density at radius 2 is 1.45 bits per heavy atom. The van der Waals surface area contributed by atoms with Crippen LogP contribution in [0.25, 0.3) is 11.1 Å². The monoisotopic (exact) mass is 298 g/mol. The number of rotatable bonds is 2. The number of halogens is 1. The summed E-state index contributed by atoms with van der Waals surface area (Å²) in [6.45, 7) is 7.98. The molecule has 1 heterocycles. The Labute approximate surface area is 131 Å². The molecule has 0 spiro atoms. The molecule has 0 bridgehead atoms. The normalized spacial score (nSPS) is 19.4. The van der Waals surface area contributed by atoms with Gasteiger partial charge in [0.2, 0.25) is 0 Å². The van der Waals surface area contributed by atoms with Crippen LogP contribution in [0.3, 0.4) is 0 Å². The summed E-state index contributed by atoms with van der Waals surface area (Å²) in [5.74, 6) is -0.288. The van der Waals surface area contributed by atoms with E-state index >= 15 is 0 Å². The fourth-order valence-electron chi connectivity index (χ4n) is 2.58. The van der Waals surface area contributed by atoms with E-state index in [0.29, 0.717) is 0 Å². The van der Waals surface area contributed by atoms with Crippen LogP contribution in [0.15, 0.2) is 48.5 Å². The van der Waals surface area contributed by atoms with Crippen molar-refractivity contribution in [2.24, 2.45) is 0 Å². The molecule has 2 nitrogen and oxygen atoms in total. The summed E-state index contributed by atoms with van der Waals surface area (Å²) < 4.78 is 25.9. The van der Waals surface area contributed by atoms with Crippen LogP contribution < -0.4 is 5.46 Å². The van der Waals surface area contributed by atoms with E-state index in [1.165, 1.54) is 12.1 Å². The minimum absolute atomic E-state index is 0.288. The van der Waals surface area contributed by atoms with Gasteiger partial charge in [0.1, 0.15) is 5.82 Å². The first-order chi connectivity index (χ1) is 10.3. The van der Waals surface area contributed by atoms with Crippen LogP contribution in [0.1, 0.15) is 27.7 Å². The van der Waals surface area contributed by atoms with Crippen molar-refractivity contribution < 1.29 is 13.7 Å². The summed E-state index contributed by atoms with van der Waals surface area (Å²) in [6.07, 6.45) is 0. The first-order valence-electron chi connectivity index (χ1n) is 7.51. The third kappa shape index (κ3) is 2.57. The van der Waals surface area contributed by atoms with Gasteiger partial charge in [-0.05, 0) is 56.4 Å². The fourth-order valence-corrected chi connectivity index (χ4v) is 2.58. The maximum absolute atomic E-state index is 13.8. The highest BCUT2D eigenvalue weighted by atomic mass is 19.1. The van der Waals surface area contributed by atoms with Crippen molar-refractivity contribution in [3.8, 4) is 11.1 Å². The van der Waals surface area contributed by atoms with E-state index in [1.54, 1.807) is 6.07 Å². The summed E-state index contributed by atoms with van der Waals surface area (Å²) in [7, 11) is -0.573. The standard InChI is InChI=1S/C18H20BFO2/c1-17(2)18(3,4)22-19(21-17)16-12-14(20)10-11-15(16)13-8-6-5-7-9-13/h5-12H,1-4H3. The molecule has 0 N–H and O–H groups in total. The number of hydrogen-bond donors (Lipinski definition) is 0. The molecule has 0 aliphatic carbocycles. The quantitative estimate of drug-likeness (QED) is 0.785. The summed E-state index contributed by atoms with van der Waals surface area (Å²) in [5, 5.41) is 0. The molecule has 3 rings (SSSR count). The predicted molar refractivity (Wildman–Crippen MR) is 87.6 cm³/mol. The zero-order chi connectivity index (χ0) is 16.0. The molecule has 2 aromatic carbocycles. The lowest BCUT2D eigenvalue weighted by Gasteiger charge is -2.32.